The van der Waals surface area contributed by atoms with Crippen LogP contribution in [0.15, 0.2) is 30.3 Å². The number of para-hydroxylation sites is 1. The van der Waals surface area contributed by atoms with E-state index in [0.29, 0.717) is 6.10 Å². The molecule has 74 valence electrons. The summed E-state index contributed by atoms with van der Waals surface area (Å²) in [5, 5.41) is 3.39. The van der Waals surface area contributed by atoms with Crippen molar-refractivity contribution in [2.75, 3.05) is 5.32 Å². The molecule has 2 atom stereocenters. The number of nitrogens with one attached hydrogen (secondary N) is 1. The summed E-state index contributed by atoms with van der Waals surface area (Å²) < 4.78 is 5.61. The van der Waals surface area contributed by atoms with Crippen LogP contribution < -0.4 is 5.32 Å². The molecular weight excluding hydrogens is 174 g/mol. The maximum atomic E-state index is 5.61. The molecule has 2 heteroatoms. The van der Waals surface area contributed by atoms with Crippen LogP contribution in [-0.4, -0.2) is 12.3 Å². The highest BCUT2D eigenvalue weighted by Gasteiger charge is 2.46. The molecule has 3 rings (SSSR count). The van der Waals surface area contributed by atoms with Gasteiger partial charge < -0.3 is 10.1 Å². The number of hydrogen-bond donors (Lipinski definition) is 1. The Labute approximate surface area is 84.3 Å². The first-order valence-corrected chi connectivity index (χ1v) is 5.40. The van der Waals surface area contributed by atoms with Crippen LogP contribution in [0.1, 0.15) is 19.3 Å². The summed E-state index contributed by atoms with van der Waals surface area (Å²) in [6.07, 6.45) is 4.88. The molecule has 1 saturated carbocycles. The lowest BCUT2D eigenvalue weighted by Crippen LogP contribution is -2.21. The fourth-order valence-corrected chi connectivity index (χ4v) is 2.07. The Morgan fingerprint density at radius 1 is 1.14 bits per heavy atom. The maximum absolute atomic E-state index is 5.61. The molecule has 14 heavy (non-hydrogen) atoms. The maximum Gasteiger partial charge on any atom is 0.155 e. The molecule has 0 spiro atoms. The minimum absolute atomic E-state index is 0.280. The van der Waals surface area contributed by atoms with Gasteiger partial charge in [0.25, 0.3) is 0 Å². The largest absolute Gasteiger partial charge is 0.358 e. The zero-order valence-electron chi connectivity index (χ0n) is 8.15. The molecule has 0 radical (unpaired) electrons. The van der Waals surface area contributed by atoms with Crippen molar-refractivity contribution in [3.05, 3.63) is 30.3 Å². The summed E-state index contributed by atoms with van der Waals surface area (Å²) in [7, 11) is 0. The molecule has 1 aliphatic carbocycles. The highest BCUT2D eigenvalue weighted by atomic mass is 16.6. The number of anilines is 1. The lowest BCUT2D eigenvalue weighted by Gasteiger charge is -2.23. The predicted molar refractivity (Wildman–Crippen MR) is 56.1 cm³/mol. The summed E-state index contributed by atoms with van der Waals surface area (Å²) >= 11 is 0. The second-order valence-corrected chi connectivity index (χ2v) is 4.22. The SMILES string of the molecule is c1ccc(NC2OC2C2CCC2)cc1. The van der Waals surface area contributed by atoms with Gasteiger partial charge in [0.1, 0.15) is 6.10 Å². The topological polar surface area (TPSA) is 24.6 Å². The number of epoxide rings is 1. The molecule has 1 aromatic rings. The monoisotopic (exact) mass is 189 g/mol. The van der Waals surface area contributed by atoms with Crippen LogP contribution in [0, 0.1) is 5.92 Å². The molecule has 0 amide bonds. The van der Waals surface area contributed by atoms with Gasteiger partial charge >= 0.3 is 0 Å². The molecular formula is C12H15NO. The van der Waals surface area contributed by atoms with Crippen molar-refractivity contribution >= 4 is 5.69 Å². The van der Waals surface area contributed by atoms with Crippen molar-refractivity contribution in [2.24, 2.45) is 5.92 Å². The second-order valence-electron chi connectivity index (χ2n) is 4.22. The minimum atomic E-state index is 0.280. The Hall–Kier alpha value is -1.02. The van der Waals surface area contributed by atoms with E-state index in [-0.39, 0.29) is 6.23 Å². The molecule has 0 aromatic heterocycles. The Bertz CT molecular complexity index is 307. The second kappa shape index (κ2) is 3.28. The van der Waals surface area contributed by atoms with Gasteiger partial charge in [-0.05, 0) is 30.9 Å². The van der Waals surface area contributed by atoms with E-state index in [1.165, 1.54) is 24.9 Å². The van der Waals surface area contributed by atoms with Crippen molar-refractivity contribution in [2.45, 2.75) is 31.6 Å². The fraction of sp³-hybridized carbons (Fsp3) is 0.500. The number of benzene rings is 1. The van der Waals surface area contributed by atoms with E-state index in [2.05, 4.69) is 17.4 Å². The van der Waals surface area contributed by atoms with Gasteiger partial charge in [-0.1, -0.05) is 24.6 Å². The van der Waals surface area contributed by atoms with Crippen molar-refractivity contribution in [3.8, 4) is 0 Å². The molecule has 1 aliphatic heterocycles. The van der Waals surface area contributed by atoms with E-state index in [4.69, 9.17) is 4.74 Å². The minimum Gasteiger partial charge on any atom is -0.358 e. The smallest absolute Gasteiger partial charge is 0.155 e. The van der Waals surface area contributed by atoms with E-state index >= 15 is 0 Å². The first kappa shape index (κ1) is 8.30. The Morgan fingerprint density at radius 3 is 2.57 bits per heavy atom. The van der Waals surface area contributed by atoms with Crippen LogP contribution in [0.3, 0.4) is 0 Å². The van der Waals surface area contributed by atoms with Gasteiger partial charge in [-0.15, -0.1) is 0 Å². The van der Waals surface area contributed by atoms with Gasteiger partial charge in [0.2, 0.25) is 0 Å². The summed E-state index contributed by atoms with van der Waals surface area (Å²) in [6.45, 7) is 0. The Balaban J connectivity index is 1.55. The molecule has 2 aliphatic rings. The third-order valence-electron chi connectivity index (χ3n) is 3.22. The lowest BCUT2D eigenvalue weighted by molar-refractivity contribution is 0.231. The van der Waals surface area contributed by atoms with Gasteiger partial charge in [0.15, 0.2) is 6.23 Å². The van der Waals surface area contributed by atoms with Gasteiger partial charge in [-0.25, -0.2) is 0 Å². The van der Waals surface area contributed by atoms with Gasteiger partial charge in [0.05, 0.1) is 0 Å². The van der Waals surface area contributed by atoms with E-state index < -0.39 is 0 Å². The molecule has 2 fully saturated rings. The average molecular weight is 189 g/mol. The average Bonchev–Trinajstić information content (AvgIpc) is 2.83. The molecule has 1 saturated heterocycles. The quantitative estimate of drug-likeness (QED) is 0.739. The highest BCUT2D eigenvalue weighted by molar-refractivity contribution is 5.44. The Morgan fingerprint density at radius 2 is 1.93 bits per heavy atom. The fourth-order valence-electron chi connectivity index (χ4n) is 2.07. The van der Waals surface area contributed by atoms with Crippen LogP contribution in [-0.2, 0) is 4.74 Å². The van der Waals surface area contributed by atoms with Gasteiger partial charge in [-0.3, -0.25) is 0 Å². The van der Waals surface area contributed by atoms with Gasteiger partial charge in [0, 0.05) is 5.69 Å². The van der Waals surface area contributed by atoms with Crippen LogP contribution >= 0.6 is 0 Å². The molecule has 2 unspecified atom stereocenters. The standard InChI is InChI=1S/C12H15NO/c1-2-7-10(8-3-1)13-12-11(14-12)9-5-4-6-9/h1-3,7-9,11-13H,4-6H2. The summed E-state index contributed by atoms with van der Waals surface area (Å²) in [6, 6.07) is 10.3. The highest BCUT2D eigenvalue weighted by Crippen LogP contribution is 2.41. The third-order valence-corrected chi connectivity index (χ3v) is 3.22. The zero-order valence-corrected chi connectivity index (χ0v) is 8.15. The van der Waals surface area contributed by atoms with E-state index in [9.17, 15) is 0 Å². The van der Waals surface area contributed by atoms with Crippen molar-refractivity contribution < 1.29 is 4.74 Å². The number of ether oxygens (including phenoxy) is 1. The normalized spacial score (nSPS) is 30.9. The summed E-state index contributed by atoms with van der Waals surface area (Å²) in [5.41, 5.74) is 1.17. The Kier molecular flexibility index (Phi) is 1.95. The van der Waals surface area contributed by atoms with Crippen molar-refractivity contribution in [1.82, 2.24) is 0 Å². The predicted octanol–water partition coefficient (Wildman–Crippen LogP) is 2.62. The molecule has 1 N–H and O–H groups in total. The van der Waals surface area contributed by atoms with E-state index in [1.54, 1.807) is 0 Å². The number of rotatable bonds is 3. The summed E-state index contributed by atoms with van der Waals surface area (Å²) in [5.74, 6) is 0.830. The summed E-state index contributed by atoms with van der Waals surface area (Å²) in [4.78, 5) is 0. The zero-order chi connectivity index (χ0) is 9.38. The van der Waals surface area contributed by atoms with E-state index in [1.807, 2.05) is 18.2 Å². The molecule has 2 nitrogen and oxygen atoms in total. The molecule has 1 heterocycles. The van der Waals surface area contributed by atoms with Crippen LogP contribution in [0.2, 0.25) is 0 Å². The molecule has 1 aromatic carbocycles. The first-order valence-electron chi connectivity index (χ1n) is 5.40. The van der Waals surface area contributed by atoms with Crippen LogP contribution in [0.4, 0.5) is 5.69 Å². The third kappa shape index (κ3) is 1.50. The van der Waals surface area contributed by atoms with E-state index in [0.717, 1.165) is 5.92 Å². The van der Waals surface area contributed by atoms with Crippen LogP contribution in [0.5, 0.6) is 0 Å². The van der Waals surface area contributed by atoms with Crippen LogP contribution in [0.25, 0.3) is 0 Å². The number of hydrogen-bond acceptors (Lipinski definition) is 2. The lowest BCUT2D eigenvalue weighted by atomic mass is 9.82. The van der Waals surface area contributed by atoms with Crippen molar-refractivity contribution in [3.63, 3.8) is 0 Å². The molecule has 0 bridgehead atoms. The first-order chi connectivity index (χ1) is 6.93. The van der Waals surface area contributed by atoms with Crippen molar-refractivity contribution in [1.29, 1.82) is 0 Å². The van der Waals surface area contributed by atoms with Gasteiger partial charge in [-0.2, -0.15) is 0 Å².